The molecule has 6 aromatic heterocycles. The summed E-state index contributed by atoms with van der Waals surface area (Å²) in [7, 11) is 0. The first kappa shape index (κ1) is 24.9. The fraction of sp³-hybridized carbons (Fsp3) is 0. The summed E-state index contributed by atoms with van der Waals surface area (Å²) < 4.78 is 4.03. The molecule has 0 aliphatic rings. The second kappa shape index (κ2) is 9.48. The van der Waals surface area contributed by atoms with Crippen molar-refractivity contribution in [3.05, 3.63) is 134 Å². The molecular weight excluding hydrogens is 568 g/mol. The van der Waals surface area contributed by atoms with E-state index in [1.54, 1.807) is 12.4 Å². The summed E-state index contributed by atoms with van der Waals surface area (Å²) >= 11 is 0. The molecule has 214 valence electrons. The molecule has 4 aromatic carbocycles. The van der Waals surface area contributed by atoms with Crippen molar-refractivity contribution in [2.45, 2.75) is 0 Å². The van der Waals surface area contributed by atoms with Gasteiger partial charge in [-0.1, -0.05) is 72.8 Å². The van der Waals surface area contributed by atoms with Gasteiger partial charge in [-0.05, 0) is 47.9 Å². The molecule has 0 fully saturated rings. The van der Waals surface area contributed by atoms with Crippen LogP contribution in [0.25, 0.3) is 88.8 Å². The lowest BCUT2D eigenvalue weighted by Crippen LogP contribution is -2.11. The Morgan fingerprint density at radius 1 is 0.435 bits per heavy atom. The minimum absolute atomic E-state index is 0.463. The Kier molecular flexibility index (Phi) is 5.12. The third-order valence-electron chi connectivity index (χ3n) is 8.71. The van der Waals surface area contributed by atoms with Crippen molar-refractivity contribution in [3.8, 4) is 23.3 Å². The van der Waals surface area contributed by atoms with Gasteiger partial charge in [0.05, 0.1) is 16.6 Å². The summed E-state index contributed by atoms with van der Waals surface area (Å²) in [5, 5.41) is 7.48. The Balaban J connectivity index is 1.30. The van der Waals surface area contributed by atoms with Crippen LogP contribution >= 0.6 is 0 Å². The normalized spacial score (nSPS) is 11.9. The standard InChI is InChI=1S/C38H22N8/c1-2-10-26-23(9-1)17-18-24-21-25(22-41-33(24)26)34-42-37(45-31-15-5-3-11-27(31)29-13-7-19-39-35(29)45)44-38(43-34)46-32-16-6-4-12-28(32)30-14-8-20-40-36(30)46/h1-22H. The van der Waals surface area contributed by atoms with E-state index in [9.17, 15) is 0 Å². The van der Waals surface area contributed by atoms with Crippen molar-refractivity contribution in [1.82, 2.24) is 39.0 Å². The van der Waals surface area contributed by atoms with Gasteiger partial charge in [-0.25, -0.2) is 9.97 Å². The number of fused-ring (bicyclic) bond motifs is 9. The number of aromatic nitrogens is 8. The molecule has 0 saturated heterocycles. The topological polar surface area (TPSA) is 87.2 Å². The zero-order valence-electron chi connectivity index (χ0n) is 24.3. The lowest BCUT2D eigenvalue weighted by atomic mass is 10.1. The van der Waals surface area contributed by atoms with Crippen LogP contribution in [0.1, 0.15) is 0 Å². The van der Waals surface area contributed by atoms with E-state index in [0.29, 0.717) is 17.7 Å². The predicted molar refractivity (Wildman–Crippen MR) is 182 cm³/mol. The van der Waals surface area contributed by atoms with Crippen molar-refractivity contribution in [1.29, 1.82) is 0 Å². The molecule has 10 aromatic rings. The van der Waals surface area contributed by atoms with Crippen LogP contribution < -0.4 is 0 Å². The molecule has 0 atom stereocenters. The molecule has 10 rings (SSSR count). The first-order valence-electron chi connectivity index (χ1n) is 15.0. The second-order valence-electron chi connectivity index (χ2n) is 11.3. The minimum atomic E-state index is 0.463. The van der Waals surface area contributed by atoms with Gasteiger partial charge in [0.25, 0.3) is 0 Å². The van der Waals surface area contributed by atoms with Gasteiger partial charge in [-0.2, -0.15) is 15.0 Å². The van der Waals surface area contributed by atoms with Crippen LogP contribution in [0, 0.1) is 0 Å². The van der Waals surface area contributed by atoms with E-state index >= 15 is 0 Å². The summed E-state index contributed by atoms with van der Waals surface area (Å²) in [5.74, 6) is 1.43. The third-order valence-corrected chi connectivity index (χ3v) is 8.71. The zero-order valence-corrected chi connectivity index (χ0v) is 24.3. The highest BCUT2D eigenvalue weighted by Crippen LogP contribution is 2.34. The largest absolute Gasteiger partial charge is 0.262 e. The number of hydrogen-bond acceptors (Lipinski definition) is 6. The molecule has 0 aliphatic heterocycles. The van der Waals surface area contributed by atoms with Crippen molar-refractivity contribution in [2.24, 2.45) is 0 Å². The Morgan fingerprint density at radius 2 is 0.978 bits per heavy atom. The van der Waals surface area contributed by atoms with Crippen molar-refractivity contribution >= 4 is 65.5 Å². The number of pyridine rings is 3. The van der Waals surface area contributed by atoms with Crippen LogP contribution in [0.2, 0.25) is 0 Å². The quantitative estimate of drug-likeness (QED) is 0.193. The molecule has 8 nitrogen and oxygen atoms in total. The van der Waals surface area contributed by atoms with E-state index in [-0.39, 0.29) is 0 Å². The van der Waals surface area contributed by atoms with E-state index in [4.69, 9.17) is 29.9 Å². The number of para-hydroxylation sites is 2. The van der Waals surface area contributed by atoms with Gasteiger partial charge in [0.2, 0.25) is 11.9 Å². The molecular formula is C38H22N8. The van der Waals surface area contributed by atoms with E-state index in [1.165, 1.54) is 0 Å². The molecule has 0 spiro atoms. The van der Waals surface area contributed by atoms with Gasteiger partial charge in [-0.3, -0.25) is 14.1 Å². The van der Waals surface area contributed by atoms with Crippen LogP contribution in [0.3, 0.4) is 0 Å². The highest BCUT2D eigenvalue weighted by Gasteiger charge is 2.21. The SMILES string of the molecule is c1ccc2c(c1)ccc1cc(-c3nc(-n4c5ccccc5c5cccnc54)nc(-n4c5ccccc5c5cccnc54)n3)cnc12. The van der Waals surface area contributed by atoms with Gasteiger partial charge in [0, 0.05) is 56.5 Å². The maximum absolute atomic E-state index is 5.15. The Labute approximate surface area is 261 Å². The number of rotatable bonds is 3. The summed E-state index contributed by atoms with van der Waals surface area (Å²) in [4.78, 5) is 29.9. The van der Waals surface area contributed by atoms with E-state index in [1.807, 2.05) is 63.9 Å². The van der Waals surface area contributed by atoms with Crippen LogP contribution in [-0.4, -0.2) is 39.0 Å². The smallest absolute Gasteiger partial charge is 0.241 e. The van der Waals surface area contributed by atoms with Gasteiger partial charge >= 0.3 is 0 Å². The van der Waals surface area contributed by atoms with E-state index in [2.05, 4.69) is 66.7 Å². The summed E-state index contributed by atoms with van der Waals surface area (Å²) in [6, 6.07) is 39.2. The number of benzene rings is 4. The fourth-order valence-corrected chi connectivity index (χ4v) is 6.67. The summed E-state index contributed by atoms with van der Waals surface area (Å²) in [6.07, 6.45) is 5.45. The van der Waals surface area contributed by atoms with E-state index < -0.39 is 0 Å². The Hall–Kier alpha value is -6.54. The highest BCUT2D eigenvalue weighted by atomic mass is 15.3. The minimum Gasteiger partial charge on any atom is -0.262 e. The summed E-state index contributed by atoms with van der Waals surface area (Å²) in [5.41, 5.74) is 5.20. The van der Waals surface area contributed by atoms with Crippen molar-refractivity contribution in [2.75, 3.05) is 0 Å². The number of nitrogens with zero attached hydrogens (tertiary/aromatic N) is 8. The molecule has 0 amide bonds. The van der Waals surface area contributed by atoms with Crippen LogP contribution in [0.4, 0.5) is 0 Å². The molecule has 0 unspecified atom stereocenters. The fourth-order valence-electron chi connectivity index (χ4n) is 6.67. The third kappa shape index (κ3) is 3.55. The molecule has 8 heteroatoms. The van der Waals surface area contributed by atoms with Crippen molar-refractivity contribution < 1.29 is 0 Å². The first-order valence-corrected chi connectivity index (χ1v) is 15.0. The average molecular weight is 591 g/mol. The number of hydrogen-bond donors (Lipinski definition) is 0. The second-order valence-corrected chi connectivity index (χ2v) is 11.3. The zero-order chi connectivity index (χ0) is 30.2. The average Bonchev–Trinajstić information content (AvgIpc) is 3.64. The molecule has 0 radical (unpaired) electrons. The van der Waals surface area contributed by atoms with Gasteiger partial charge in [0.15, 0.2) is 5.82 Å². The van der Waals surface area contributed by atoms with Gasteiger partial charge < -0.3 is 0 Å². The molecule has 6 heterocycles. The predicted octanol–water partition coefficient (Wildman–Crippen LogP) is 8.22. The van der Waals surface area contributed by atoms with E-state index in [0.717, 1.165) is 71.1 Å². The monoisotopic (exact) mass is 590 g/mol. The summed E-state index contributed by atoms with van der Waals surface area (Å²) in [6.45, 7) is 0. The lowest BCUT2D eigenvalue weighted by molar-refractivity contribution is 0.883. The first-order chi connectivity index (χ1) is 22.8. The highest BCUT2D eigenvalue weighted by molar-refractivity contribution is 6.09. The van der Waals surface area contributed by atoms with Gasteiger partial charge in [0.1, 0.15) is 11.3 Å². The Morgan fingerprint density at radius 3 is 1.63 bits per heavy atom. The molecule has 46 heavy (non-hydrogen) atoms. The van der Waals surface area contributed by atoms with Crippen LogP contribution in [-0.2, 0) is 0 Å². The molecule has 0 bridgehead atoms. The maximum atomic E-state index is 5.15. The van der Waals surface area contributed by atoms with Gasteiger partial charge in [-0.15, -0.1) is 0 Å². The molecule has 0 aliphatic carbocycles. The van der Waals surface area contributed by atoms with Crippen LogP contribution in [0.5, 0.6) is 0 Å². The maximum Gasteiger partial charge on any atom is 0.241 e. The van der Waals surface area contributed by atoms with Crippen molar-refractivity contribution in [3.63, 3.8) is 0 Å². The molecule has 0 saturated carbocycles. The van der Waals surface area contributed by atoms with Crippen LogP contribution in [0.15, 0.2) is 134 Å². The lowest BCUT2D eigenvalue weighted by Gasteiger charge is -2.12. The molecule has 0 N–H and O–H groups in total. The Bertz CT molecular complexity index is 2590.